The van der Waals surface area contributed by atoms with E-state index in [1.165, 1.54) is 4.68 Å². The lowest BCUT2D eigenvalue weighted by atomic mass is 9.66. The first-order chi connectivity index (χ1) is 11.0. The summed E-state index contributed by atoms with van der Waals surface area (Å²) in [6, 6.07) is 7.14. The van der Waals surface area contributed by atoms with Gasteiger partial charge in [0.1, 0.15) is 0 Å². The zero-order chi connectivity index (χ0) is 16.4. The summed E-state index contributed by atoms with van der Waals surface area (Å²) in [5.41, 5.74) is 0.470. The van der Waals surface area contributed by atoms with Gasteiger partial charge in [-0.2, -0.15) is 0 Å². The first-order valence-electron chi connectivity index (χ1n) is 7.36. The molecule has 0 radical (unpaired) electrons. The van der Waals surface area contributed by atoms with E-state index in [0.717, 1.165) is 12.0 Å². The third-order valence-corrected chi connectivity index (χ3v) is 4.29. The van der Waals surface area contributed by atoms with Gasteiger partial charge >= 0.3 is 5.97 Å². The fourth-order valence-electron chi connectivity index (χ4n) is 2.79. The van der Waals surface area contributed by atoms with Gasteiger partial charge < -0.3 is 10.4 Å². The van der Waals surface area contributed by atoms with Crippen LogP contribution in [0, 0.1) is 5.41 Å². The van der Waals surface area contributed by atoms with Crippen LogP contribution in [0.3, 0.4) is 0 Å². The van der Waals surface area contributed by atoms with Crippen molar-refractivity contribution in [3.05, 3.63) is 24.3 Å². The first-order valence-corrected chi connectivity index (χ1v) is 7.36. The molecule has 1 fully saturated rings. The number of nitrogens with one attached hydrogen (secondary N) is 1. The van der Waals surface area contributed by atoms with Crippen LogP contribution in [0.25, 0.3) is 11.4 Å². The summed E-state index contributed by atoms with van der Waals surface area (Å²) >= 11 is 0. The maximum atomic E-state index is 12.2. The number of aliphatic carboxylic acids is 1. The minimum Gasteiger partial charge on any atom is -0.481 e. The number of amides is 1. The van der Waals surface area contributed by atoms with Crippen LogP contribution in [0.15, 0.2) is 24.3 Å². The lowest BCUT2D eigenvalue weighted by Crippen LogP contribution is -2.41. The zero-order valence-corrected chi connectivity index (χ0v) is 12.7. The molecule has 3 rings (SSSR count). The second kappa shape index (κ2) is 5.79. The number of carboxylic acids is 1. The van der Waals surface area contributed by atoms with Crippen molar-refractivity contribution < 1.29 is 14.7 Å². The molecule has 2 aromatic rings. The molecule has 1 heterocycles. The summed E-state index contributed by atoms with van der Waals surface area (Å²) in [6.07, 6.45) is 1.97. The number of aryl methyl sites for hydroxylation is 1. The largest absolute Gasteiger partial charge is 0.481 e. The van der Waals surface area contributed by atoms with Crippen LogP contribution in [0.4, 0.5) is 5.69 Å². The van der Waals surface area contributed by atoms with Crippen molar-refractivity contribution in [3.63, 3.8) is 0 Å². The molecule has 8 nitrogen and oxygen atoms in total. The van der Waals surface area contributed by atoms with Crippen LogP contribution in [0.5, 0.6) is 0 Å². The third kappa shape index (κ3) is 2.92. The fraction of sp³-hybridized carbons (Fsp3) is 0.400. The molecule has 2 N–H and O–H groups in total. The normalized spacial score (nSPS) is 15.7. The quantitative estimate of drug-likeness (QED) is 0.864. The third-order valence-electron chi connectivity index (χ3n) is 4.29. The highest BCUT2D eigenvalue weighted by Gasteiger charge is 2.45. The molecule has 1 aromatic heterocycles. The Kier molecular flexibility index (Phi) is 3.81. The number of carbonyl (C=O) groups is 2. The second-order valence-electron chi connectivity index (χ2n) is 5.87. The van der Waals surface area contributed by atoms with Gasteiger partial charge in [0, 0.05) is 24.7 Å². The number of rotatable bonds is 5. The van der Waals surface area contributed by atoms with E-state index in [1.807, 2.05) is 6.07 Å². The summed E-state index contributed by atoms with van der Waals surface area (Å²) in [5, 5.41) is 23.3. The number of carbonyl (C=O) groups excluding carboxylic acids is 1. The molecule has 8 heteroatoms. The number of tetrazole rings is 1. The van der Waals surface area contributed by atoms with Crippen LogP contribution in [0.2, 0.25) is 0 Å². The molecule has 1 aliphatic rings. The van der Waals surface area contributed by atoms with E-state index in [-0.39, 0.29) is 12.3 Å². The molecule has 0 unspecified atom stereocenters. The molecule has 0 atom stereocenters. The maximum absolute atomic E-state index is 12.2. The monoisotopic (exact) mass is 315 g/mol. The van der Waals surface area contributed by atoms with Gasteiger partial charge in [0.2, 0.25) is 5.91 Å². The Morgan fingerprint density at radius 3 is 2.74 bits per heavy atom. The molecule has 23 heavy (non-hydrogen) atoms. The summed E-state index contributed by atoms with van der Waals surface area (Å²) in [7, 11) is 1.73. The Morgan fingerprint density at radius 2 is 2.17 bits per heavy atom. The standard InChI is InChI=1S/C15H17N5O3/c1-20-13(17-18-19-20)10-4-2-5-11(8-10)16-12(21)9-15(14(22)23)6-3-7-15/h2,4-5,8H,3,6-7,9H2,1H3,(H,16,21)(H,22,23). The molecule has 0 bridgehead atoms. The first kappa shape index (κ1) is 15.1. The maximum Gasteiger partial charge on any atom is 0.310 e. The highest BCUT2D eigenvalue weighted by molar-refractivity contribution is 5.95. The lowest BCUT2D eigenvalue weighted by Gasteiger charge is -2.36. The van der Waals surface area contributed by atoms with Crippen molar-refractivity contribution in [3.8, 4) is 11.4 Å². The highest BCUT2D eigenvalue weighted by Crippen LogP contribution is 2.44. The van der Waals surface area contributed by atoms with Crippen LogP contribution in [-0.4, -0.2) is 37.2 Å². The molecule has 1 aliphatic carbocycles. The minimum atomic E-state index is -0.894. The van der Waals surface area contributed by atoms with Crippen molar-refractivity contribution in [2.75, 3.05) is 5.32 Å². The number of anilines is 1. The molecule has 120 valence electrons. The summed E-state index contributed by atoms with van der Waals surface area (Å²) in [4.78, 5) is 23.5. The zero-order valence-electron chi connectivity index (χ0n) is 12.7. The molecular weight excluding hydrogens is 298 g/mol. The average molecular weight is 315 g/mol. The Bertz CT molecular complexity index is 751. The van der Waals surface area contributed by atoms with E-state index in [2.05, 4.69) is 20.8 Å². The Hall–Kier alpha value is -2.77. The van der Waals surface area contributed by atoms with Crippen LogP contribution < -0.4 is 5.32 Å². The Balaban J connectivity index is 1.72. The second-order valence-corrected chi connectivity index (χ2v) is 5.87. The SMILES string of the molecule is Cn1nnnc1-c1cccc(NC(=O)CC2(C(=O)O)CCC2)c1. The molecular formula is C15H17N5O3. The number of carboxylic acid groups (broad SMARTS) is 1. The van der Waals surface area contributed by atoms with Crippen molar-refractivity contribution in [1.29, 1.82) is 0 Å². The number of hydrogen-bond acceptors (Lipinski definition) is 5. The molecule has 0 aliphatic heterocycles. The molecule has 0 spiro atoms. The van der Waals surface area contributed by atoms with Gasteiger partial charge in [-0.05, 0) is 35.4 Å². The summed E-state index contributed by atoms with van der Waals surface area (Å²) in [6.45, 7) is 0. The van der Waals surface area contributed by atoms with Crippen molar-refractivity contribution >= 4 is 17.6 Å². The lowest BCUT2D eigenvalue weighted by molar-refractivity contribution is -0.157. The van der Waals surface area contributed by atoms with Crippen LogP contribution in [-0.2, 0) is 16.6 Å². The molecule has 1 aromatic carbocycles. The van der Waals surface area contributed by atoms with E-state index in [9.17, 15) is 14.7 Å². The van der Waals surface area contributed by atoms with E-state index >= 15 is 0 Å². The van der Waals surface area contributed by atoms with E-state index in [0.29, 0.717) is 24.4 Å². The number of hydrogen-bond donors (Lipinski definition) is 2. The minimum absolute atomic E-state index is 0.00191. The van der Waals surface area contributed by atoms with E-state index in [4.69, 9.17) is 0 Å². The molecule has 0 saturated heterocycles. The number of nitrogens with zero attached hydrogens (tertiary/aromatic N) is 4. The van der Waals surface area contributed by atoms with Gasteiger partial charge in [-0.3, -0.25) is 9.59 Å². The van der Waals surface area contributed by atoms with Gasteiger partial charge in [-0.15, -0.1) is 5.10 Å². The van der Waals surface area contributed by atoms with Gasteiger partial charge in [0.15, 0.2) is 5.82 Å². The van der Waals surface area contributed by atoms with Crippen LogP contribution in [0.1, 0.15) is 25.7 Å². The molecule has 1 saturated carbocycles. The average Bonchev–Trinajstić information content (AvgIpc) is 2.89. The number of benzene rings is 1. The predicted octanol–water partition coefficient (Wildman–Crippen LogP) is 1.46. The fourth-order valence-corrected chi connectivity index (χ4v) is 2.79. The van der Waals surface area contributed by atoms with Crippen molar-refractivity contribution in [2.24, 2.45) is 12.5 Å². The van der Waals surface area contributed by atoms with Gasteiger partial charge in [-0.1, -0.05) is 18.6 Å². The Labute approximate surface area is 132 Å². The van der Waals surface area contributed by atoms with E-state index in [1.54, 1.807) is 25.2 Å². The van der Waals surface area contributed by atoms with Crippen molar-refractivity contribution in [2.45, 2.75) is 25.7 Å². The van der Waals surface area contributed by atoms with Crippen LogP contribution >= 0.6 is 0 Å². The van der Waals surface area contributed by atoms with Gasteiger partial charge in [0.25, 0.3) is 0 Å². The Morgan fingerprint density at radius 1 is 1.39 bits per heavy atom. The topological polar surface area (TPSA) is 110 Å². The number of aromatic nitrogens is 4. The smallest absolute Gasteiger partial charge is 0.310 e. The summed E-state index contributed by atoms with van der Waals surface area (Å²) in [5.74, 6) is -0.597. The predicted molar refractivity (Wildman–Crippen MR) is 81.4 cm³/mol. The summed E-state index contributed by atoms with van der Waals surface area (Å²) < 4.78 is 1.54. The van der Waals surface area contributed by atoms with Gasteiger partial charge in [-0.25, -0.2) is 4.68 Å². The highest BCUT2D eigenvalue weighted by atomic mass is 16.4. The van der Waals surface area contributed by atoms with Gasteiger partial charge in [0.05, 0.1) is 5.41 Å². The van der Waals surface area contributed by atoms with E-state index < -0.39 is 11.4 Å². The molecule has 1 amide bonds. The van der Waals surface area contributed by atoms with Crippen molar-refractivity contribution in [1.82, 2.24) is 20.2 Å².